The second-order valence-electron chi connectivity index (χ2n) is 4.11. The monoisotopic (exact) mass is 177 g/mol. The Morgan fingerprint density at radius 3 is 2.77 bits per heavy atom. The molecule has 1 aliphatic rings. The van der Waals surface area contributed by atoms with E-state index >= 15 is 0 Å². The van der Waals surface area contributed by atoms with Crippen LogP contribution in [-0.2, 0) is 5.60 Å². The molecule has 0 spiro atoms. The second-order valence-corrected chi connectivity index (χ2v) is 4.11. The van der Waals surface area contributed by atoms with Crippen LogP contribution >= 0.6 is 0 Å². The van der Waals surface area contributed by atoms with Crippen molar-refractivity contribution >= 4 is 0 Å². The molecule has 1 N–H and O–H groups in total. The van der Waals surface area contributed by atoms with Crippen molar-refractivity contribution in [3.05, 3.63) is 29.6 Å². The van der Waals surface area contributed by atoms with E-state index in [9.17, 15) is 5.11 Å². The van der Waals surface area contributed by atoms with Crippen LogP contribution in [-0.4, -0.2) is 10.1 Å². The van der Waals surface area contributed by atoms with Crippen LogP contribution in [0, 0.1) is 12.8 Å². The van der Waals surface area contributed by atoms with Crippen LogP contribution in [0.4, 0.5) is 0 Å². The molecule has 0 radical (unpaired) electrons. The lowest BCUT2D eigenvalue weighted by Crippen LogP contribution is -2.23. The van der Waals surface area contributed by atoms with Crippen LogP contribution < -0.4 is 0 Å². The van der Waals surface area contributed by atoms with Gasteiger partial charge in [0.25, 0.3) is 0 Å². The molecule has 0 aliphatic heterocycles. The van der Waals surface area contributed by atoms with Crippen molar-refractivity contribution in [1.82, 2.24) is 4.98 Å². The number of aliphatic hydroxyl groups is 1. The lowest BCUT2D eigenvalue weighted by atomic mass is 9.91. The third-order valence-electron chi connectivity index (χ3n) is 2.85. The van der Waals surface area contributed by atoms with E-state index in [2.05, 4.69) is 4.98 Å². The van der Waals surface area contributed by atoms with Gasteiger partial charge in [-0.1, -0.05) is 0 Å². The molecule has 1 saturated carbocycles. The van der Waals surface area contributed by atoms with Crippen LogP contribution in [0.15, 0.2) is 18.3 Å². The topological polar surface area (TPSA) is 33.1 Å². The minimum Gasteiger partial charge on any atom is -0.385 e. The van der Waals surface area contributed by atoms with Gasteiger partial charge in [-0.3, -0.25) is 4.98 Å². The number of aromatic nitrogens is 1. The van der Waals surface area contributed by atoms with E-state index < -0.39 is 5.60 Å². The average molecular weight is 177 g/mol. The van der Waals surface area contributed by atoms with Gasteiger partial charge in [0, 0.05) is 11.9 Å². The molecule has 1 heterocycles. The number of hydrogen-bond donors (Lipinski definition) is 1. The largest absolute Gasteiger partial charge is 0.385 e. The van der Waals surface area contributed by atoms with Gasteiger partial charge >= 0.3 is 0 Å². The highest BCUT2D eigenvalue weighted by Crippen LogP contribution is 2.45. The smallest absolute Gasteiger partial charge is 0.0897 e. The molecule has 0 aromatic carbocycles. The van der Waals surface area contributed by atoms with Crippen LogP contribution in [0.5, 0.6) is 0 Å². The van der Waals surface area contributed by atoms with Crippen molar-refractivity contribution in [1.29, 1.82) is 0 Å². The molecule has 70 valence electrons. The minimum atomic E-state index is -0.645. The standard InChI is InChI=1S/C11H15NO/c1-8-7-10(5-6-12-8)11(2,13)9-3-4-9/h5-7,9,13H,3-4H2,1-2H3/t11-/m0/s1. The summed E-state index contributed by atoms with van der Waals surface area (Å²) in [5.74, 6) is 0.453. The Morgan fingerprint density at radius 1 is 1.54 bits per heavy atom. The molecular weight excluding hydrogens is 162 g/mol. The maximum atomic E-state index is 10.2. The molecule has 1 atom stereocenters. The number of pyridine rings is 1. The van der Waals surface area contributed by atoms with Gasteiger partial charge in [0.1, 0.15) is 0 Å². The highest BCUT2D eigenvalue weighted by atomic mass is 16.3. The quantitative estimate of drug-likeness (QED) is 0.749. The van der Waals surface area contributed by atoms with Crippen LogP contribution in [0.2, 0.25) is 0 Å². The number of hydrogen-bond acceptors (Lipinski definition) is 2. The van der Waals surface area contributed by atoms with E-state index in [1.165, 1.54) is 0 Å². The summed E-state index contributed by atoms with van der Waals surface area (Å²) >= 11 is 0. The Labute approximate surface area is 78.6 Å². The third-order valence-corrected chi connectivity index (χ3v) is 2.85. The van der Waals surface area contributed by atoms with Gasteiger partial charge in [-0.2, -0.15) is 0 Å². The third kappa shape index (κ3) is 1.59. The molecule has 1 aromatic heterocycles. The zero-order valence-electron chi connectivity index (χ0n) is 8.12. The molecule has 0 bridgehead atoms. The van der Waals surface area contributed by atoms with E-state index in [4.69, 9.17) is 0 Å². The van der Waals surface area contributed by atoms with Crippen molar-refractivity contribution in [2.75, 3.05) is 0 Å². The second kappa shape index (κ2) is 2.81. The summed E-state index contributed by atoms with van der Waals surface area (Å²) < 4.78 is 0. The van der Waals surface area contributed by atoms with Crippen molar-refractivity contribution in [3.8, 4) is 0 Å². The van der Waals surface area contributed by atoms with Crippen molar-refractivity contribution < 1.29 is 5.11 Å². The Kier molecular flexibility index (Phi) is 1.88. The fourth-order valence-electron chi connectivity index (χ4n) is 1.74. The summed E-state index contributed by atoms with van der Waals surface area (Å²) in [5, 5.41) is 10.2. The summed E-state index contributed by atoms with van der Waals surface area (Å²) in [5.41, 5.74) is 1.33. The maximum Gasteiger partial charge on any atom is 0.0897 e. The first kappa shape index (κ1) is 8.70. The number of aryl methyl sites for hydroxylation is 1. The van der Waals surface area contributed by atoms with Crippen molar-refractivity contribution in [2.24, 2.45) is 5.92 Å². The molecule has 1 fully saturated rings. The summed E-state index contributed by atoms with van der Waals surface area (Å²) in [7, 11) is 0. The molecule has 0 amide bonds. The molecule has 2 rings (SSSR count). The Hall–Kier alpha value is -0.890. The molecule has 2 nitrogen and oxygen atoms in total. The van der Waals surface area contributed by atoms with E-state index in [1.54, 1.807) is 6.20 Å². The summed E-state index contributed by atoms with van der Waals surface area (Å²) in [6.45, 7) is 3.85. The fraction of sp³-hybridized carbons (Fsp3) is 0.545. The maximum absolute atomic E-state index is 10.2. The lowest BCUT2D eigenvalue weighted by molar-refractivity contribution is 0.0329. The molecule has 2 heteroatoms. The van der Waals surface area contributed by atoms with E-state index in [-0.39, 0.29) is 0 Å². The SMILES string of the molecule is Cc1cc([C@@](C)(O)C2CC2)ccn1. The van der Waals surface area contributed by atoms with Gasteiger partial charge in [-0.25, -0.2) is 0 Å². The highest BCUT2D eigenvalue weighted by Gasteiger charge is 2.41. The van der Waals surface area contributed by atoms with E-state index in [0.717, 1.165) is 24.1 Å². The first-order chi connectivity index (χ1) is 6.10. The molecule has 0 saturated heterocycles. The first-order valence-corrected chi connectivity index (χ1v) is 4.76. The minimum absolute atomic E-state index is 0.453. The zero-order valence-corrected chi connectivity index (χ0v) is 8.12. The van der Waals surface area contributed by atoms with Gasteiger partial charge in [0.05, 0.1) is 5.60 Å². The van der Waals surface area contributed by atoms with Crippen LogP contribution in [0.3, 0.4) is 0 Å². The fourth-order valence-corrected chi connectivity index (χ4v) is 1.74. The summed E-state index contributed by atoms with van der Waals surface area (Å²) in [6, 6.07) is 3.88. The van der Waals surface area contributed by atoms with Gasteiger partial charge < -0.3 is 5.11 Å². The van der Waals surface area contributed by atoms with Crippen LogP contribution in [0.1, 0.15) is 31.0 Å². The average Bonchev–Trinajstić information content (AvgIpc) is 2.86. The molecule has 0 unspecified atom stereocenters. The van der Waals surface area contributed by atoms with Crippen molar-refractivity contribution in [3.63, 3.8) is 0 Å². The van der Waals surface area contributed by atoms with E-state index in [0.29, 0.717) is 5.92 Å². The van der Waals surface area contributed by atoms with E-state index in [1.807, 2.05) is 26.0 Å². The Bertz CT molecular complexity index is 316. The van der Waals surface area contributed by atoms with Crippen LogP contribution in [0.25, 0.3) is 0 Å². The first-order valence-electron chi connectivity index (χ1n) is 4.76. The predicted octanol–water partition coefficient (Wildman–Crippen LogP) is 2.01. The predicted molar refractivity (Wildman–Crippen MR) is 51.3 cm³/mol. The Balaban J connectivity index is 2.33. The zero-order chi connectivity index (χ0) is 9.47. The highest BCUT2D eigenvalue weighted by molar-refractivity contribution is 5.24. The number of rotatable bonds is 2. The van der Waals surface area contributed by atoms with Gasteiger partial charge in [-0.15, -0.1) is 0 Å². The van der Waals surface area contributed by atoms with Crippen molar-refractivity contribution in [2.45, 2.75) is 32.3 Å². The summed E-state index contributed by atoms with van der Waals surface area (Å²) in [6.07, 6.45) is 4.06. The lowest BCUT2D eigenvalue weighted by Gasteiger charge is -2.23. The number of nitrogens with zero attached hydrogens (tertiary/aromatic N) is 1. The van der Waals surface area contributed by atoms with Gasteiger partial charge in [0.15, 0.2) is 0 Å². The van der Waals surface area contributed by atoms with Gasteiger partial charge in [0.2, 0.25) is 0 Å². The molecular formula is C11H15NO. The molecule has 1 aliphatic carbocycles. The Morgan fingerprint density at radius 2 is 2.23 bits per heavy atom. The van der Waals surface area contributed by atoms with Gasteiger partial charge in [-0.05, 0) is 50.3 Å². The molecule has 1 aromatic rings. The normalized spacial score (nSPS) is 21.2. The molecule has 13 heavy (non-hydrogen) atoms. The summed E-state index contributed by atoms with van der Waals surface area (Å²) in [4.78, 5) is 4.12.